The third-order valence-corrected chi connectivity index (χ3v) is 4.37. The molecule has 0 aromatic rings. The summed E-state index contributed by atoms with van der Waals surface area (Å²) >= 11 is 0. The summed E-state index contributed by atoms with van der Waals surface area (Å²) < 4.78 is 5.67. The van der Waals surface area contributed by atoms with Gasteiger partial charge in [-0.1, -0.05) is 12.8 Å². The van der Waals surface area contributed by atoms with Gasteiger partial charge in [-0.15, -0.1) is 0 Å². The number of carbonyl (C=O) groups excluding carboxylic acids is 1. The first kappa shape index (κ1) is 15.1. The van der Waals surface area contributed by atoms with Crippen LogP contribution in [-0.4, -0.2) is 53.8 Å². The van der Waals surface area contributed by atoms with Crippen molar-refractivity contribution in [2.24, 2.45) is 5.92 Å². The molecule has 114 valence electrons. The molecule has 0 aromatic heterocycles. The summed E-state index contributed by atoms with van der Waals surface area (Å²) in [5, 5.41) is 11.8. The molecule has 2 amide bonds. The highest BCUT2D eigenvalue weighted by Gasteiger charge is 2.37. The molecule has 6 nitrogen and oxygen atoms in total. The van der Waals surface area contributed by atoms with Crippen molar-refractivity contribution in [2.75, 3.05) is 19.7 Å². The fourth-order valence-corrected chi connectivity index (χ4v) is 3.10. The third kappa shape index (κ3) is 3.62. The maximum atomic E-state index is 12.0. The molecule has 2 unspecified atom stereocenters. The van der Waals surface area contributed by atoms with E-state index in [9.17, 15) is 9.59 Å². The molecule has 20 heavy (non-hydrogen) atoms. The van der Waals surface area contributed by atoms with E-state index in [4.69, 9.17) is 9.84 Å². The van der Waals surface area contributed by atoms with Gasteiger partial charge < -0.3 is 20.1 Å². The molecule has 1 saturated carbocycles. The second-order valence-corrected chi connectivity index (χ2v) is 5.68. The zero-order valence-electron chi connectivity index (χ0n) is 12.0. The second kappa shape index (κ2) is 6.92. The number of nitrogens with zero attached hydrogens (tertiary/aromatic N) is 1. The monoisotopic (exact) mass is 284 g/mol. The van der Waals surface area contributed by atoms with E-state index < -0.39 is 11.9 Å². The van der Waals surface area contributed by atoms with Crippen molar-refractivity contribution in [3.63, 3.8) is 0 Å². The summed E-state index contributed by atoms with van der Waals surface area (Å²) in [6, 6.07) is -0.431. The Balaban J connectivity index is 1.65. The standard InChI is InChI=1S/C14H24N2O4/c1-10-12(13(17)18)6-8-16(10)14(19)15-7-9-20-11-4-2-3-5-11/h10-12H,2-9H2,1H3,(H,15,19)(H,17,18). The molecule has 2 fully saturated rings. The molecule has 1 aliphatic carbocycles. The number of ether oxygens (including phenoxy) is 1. The highest BCUT2D eigenvalue weighted by molar-refractivity contribution is 5.78. The number of carboxylic acids is 1. The van der Waals surface area contributed by atoms with Gasteiger partial charge in [-0.2, -0.15) is 0 Å². The largest absolute Gasteiger partial charge is 0.481 e. The number of rotatable bonds is 5. The lowest BCUT2D eigenvalue weighted by Gasteiger charge is -2.23. The van der Waals surface area contributed by atoms with Crippen LogP contribution < -0.4 is 5.32 Å². The maximum Gasteiger partial charge on any atom is 0.317 e. The zero-order valence-corrected chi connectivity index (χ0v) is 12.0. The minimum Gasteiger partial charge on any atom is -0.481 e. The van der Waals surface area contributed by atoms with Crippen molar-refractivity contribution < 1.29 is 19.4 Å². The average molecular weight is 284 g/mol. The molecule has 1 heterocycles. The highest BCUT2D eigenvalue weighted by Crippen LogP contribution is 2.24. The van der Waals surface area contributed by atoms with E-state index in [2.05, 4.69) is 5.32 Å². The van der Waals surface area contributed by atoms with Crippen LogP contribution in [0.4, 0.5) is 4.79 Å². The number of carbonyl (C=O) groups is 2. The molecule has 2 N–H and O–H groups in total. The minimum atomic E-state index is -0.822. The number of hydrogen-bond donors (Lipinski definition) is 2. The Labute approximate surface area is 119 Å². The van der Waals surface area contributed by atoms with E-state index in [1.165, 1.54) is 12.8 Å². The molecule has 0 aromatic carbocycles. The van der Waals surface area contributed by atoms with Crippen LogP contribution in [0.5, 0.6) is 0 Å². The first-order valence-electron chi connectivity index (χ1n) is 7.48. The van der Waals surface area contributed by atoms with Crippen LogP contribution >= 0.6 is 0 Å². The van der Waals surface area contributed by atoms with Gasteiger partial charge in [0.25, 0.3) is 0 Å². The van der Waals surface area contributed by atoms with Crippen LogP contribution in [0.3, 0.4) is 0 Å². The Kier molecular flexibility index (Phi) is 5.23. The maximum absolute atomic E-state index is 12.0. The predicted octanol–water partition coefficient (Wildman–Crippen LogP) is 1.45. The van der Waals surface area contributed by atoms with Crippen LogP contribution in [0.2, 0.25) is 0 Å². The highest BCUT2D eigenvalue weighted by atomic mass is 16.5. The van der Waals surface area contributed by atoms with Gasteiger partial charge in [0.2, 0.25) is 0 Å². The Morgan fingerprint density at radius 3 is 2.60 bits per heavy atom. The number of amides is 2. The van der Waals surface area contributed by atoms with Gasteiger partial charge in [-0.25, -0.2) is 4.79 Å². The molecule has 0 spiro atoms. The van der Waals surface area contributed by atoms with Gasteiger partial charge in [0, 0.05) is 19.1 Å². The number of carboxylic acid groups (broad SMARTS) is 1. The lowest BCUT2D eigenvalue weighted by atomic mass is 10.0. The quantitative estimate of drug-likeness (QED) is 0.749. The summed E-state index contributed by atoms with van der Waals surface area (Å²) in [6.07, 6.45) is 5.60. The summed E-state index contributed by atoms with van der Waals surface area (Å²) in [6.45, 7) is 3.31. The molecule has 2 rings (SSSR count). The molecule has 2 aliphatic rings. The first-order chi connectivity index (χ1) is 9.59. The smallest absolute Gasteiger partial charge is 0.317 e. The Morgan fingerprint density at radius 2 is 2.00 bits per heavy atom. The number of likely N-dealkylation sites (tertiary alicyclic amines) is 1. The van der Waals surface area contributed by atoms with E-state index in [1.807, 2.05) is 0 Å². The average Bonchev–Trinajstić information content (AvgIpc) is 3.03. The van der Waals surface area contributed by atoms with Crippen LogP contribution in [0.1, 0.15) is 39.0 Å². The van der Waals surface area contributed by atoms with Gasteiger partial charge in [0.1, 0.15) is 0 Å². The topological polar surface area (TPSA) is 78.9 Å². The van der Waals surface area contributed by atoms with Crippen molar-refractivity contribution >= 4 is 12.0 Å². The van der Waals surface area contributed by atoms with E-state index in [-0.39, 0.29) is 12.1 Å². The van der Waals surface area contributed by atoms with E-state index in [1.54, 1.807) is 11.8 Å². The predicted molar refractivity (Wildman–Crippen MR) is 73.5 cm³/mol. The molecule has 0 bridgehead atoms. The number of aliphatic carboxylic acids is 1. The van der Waals surface area contributed by atoms with Crippen molar-refractivity contribution in [3.8, 4) is 0 Å². The van der Waals surface area contributed by atoms with Crippen molar-refractivity contribution in [1.82, 2.24) is 10.2 Å². The third-order valence-electron chi connectivity index (χ3n) is 4.37. The van der Waals surface area contributed by atoms with Gasteiger partial charge >= 0.3 is 12.0 Å². The van der Waals surface area contributed by atoms with Crippen LogP contribution in [0.15, 0.2) is 0 Å². The lowest BCUT2D eigenvalue weighted by molar-refractivity contribution is -0.142. The SMILES string of the molecule is CC1C(C(=O)O)CCN1C(=O)NCCOC1CCCC1. The number of urea groups is 1. The van der Waals surface area contributed by atoms with Crippen molar-refractivity contribution in [3.05, 3.63) is 0 Å². The Bertz CT molecular complexity index is 355. The van der Waals surface area contributed by atoms with Gasteiger partial charge in [-0.05, 0) is 26.2 Å². The van der Waals surface area contributed by atoms with Gasteiger partial charge in [-0.3, -0.25) is 4.79 Å². The lowest BCUT2D eigenvalue weighted by Crippen LogP contribution is -2.44. The van der Waals surface area contributed by atoms with E-state index >= 15 is 0 Å². The molecule has 2 atom stereocenters. The molecule has 0 radical (unpaired) electrons. The summed E-state index contributed by atoms with van der Waals surface area (Å²) in [5.41, 5.74) is 0. The summed E-state index contributed by atoms with van der Waals surface area (Å²) in [5.74, 6) is -1.27. The fourth-order valence-electron chi connectivity index (χ4n) is 3.10. The normalized spacial score (nSPS) is 26.9. The van der Waals surface area contributed by atoms with E-state index in [0.717, 1.165) is 12.8 Å². The summed E-state index contributed by atoms with van der Waals surface area (Å²) in [7, 11) is 0. The number of nitrogens with one attached hydrogen (secondary N) is 1. The van der Waals surface area contributed by atoms with Crippen LogP contribution in [-0.2, 0) is 9.53 Å². The Morgan fingerprint density at radius 1 is 1.30 bits per heavy atom. The fraction of sp³-hybridized carbons (Fsp3) is 0.857. The van der Waals surface area contributed by atoms with Gasteiger partial charge in [0.15, 0.2) is 0 Å². The van der Waals surface area contributed by atoms with Crippen molar-refractivity contribution in [1.29, 1.82) is 0 Å². The molecule has 1 saturated heterocycles. The number of hydrogen-bond acceptors (Lipinski definition) is 3. The van der Waals surface area contributed by atoms with Crippen molar-refractivity contribution in [2.45, 2.75) is 51.2 Å². The van der Waals surface area contributed by atoms with Gasteiger partial charge in [0.05, 0.1) is 18.6 Å². The van der Waals surface area contributed by atoms with E-state index in [0.29, 0.717) is 32.2 Å². The zero-order chi connectivity index (χ0) is 14.5. The van der Waals surface area contributed by atoms with Crippen LogP contribution in [0, 0.1) is 5.92 Å². The minimum absolute atomic E-state index is 0.184. The molecular weight excluding hydrogens is 260 g/mol. The second-order valence-electron chi connectivity index (χ2n) is 5.68. The molecule has 1 aliphatic heterocycles. The first-order valence-corrected chi connectivity index (χ1v) is 7.48. The summed E-state index contributed by atoms with van der Waals surface area (Å²) in [4.78, 5) is 24.6. The van der Waals surface area contributed by atoms with Crippen LogP contribution in [0.25, 0.3) is 0 Å². The Hall–Kier alpha value is -1.30. The molecule has 6 heteroatoms. The molecular formula is C14H24N2O4.